The number of nitrogens with one attached hydrogen (secondary N) is 2. The van der Waals surface area contributed by atoms with Crippen LogP contribution in [0.2, 0.25) is 0 Å². The minimum Gasteiger partial charge on any atom is -0.350 e. The summed E-state index contributed by atoms with van der Waals surface area (Å²) < 4.78 is 0. The van der Waals surface area contributed by atoms with Gasteiger partial charge in [0.05, 0.1) is 6.20 Å². The van der Waals surface area contributed by atoms with Crippen LogP contribution in [0, 0.1) is 0 Å². The SMILES string of the molecule is CN1CC(=O)N(CC(=O)NCc2cn[nH]c2)C1=O. The van der Waals surface area contributed by atoms with Gasteiger partial charge < -0.3 is 10.2 Å². The lowest BCUT2D eigenvalue weighted by Crippen LogP contribution is -2.40. The Bertz CT molecular complexity index is 470. The van der Waals surface area contributed by atoms with Crippen LogP contribution in [0.4, 0.5) is 4.79 Å². The second-order valence-corrected chi connectivity index (χ2v) is 4.00. The van der Waals surface area contributed by atoms with E-state index >= 15 is 0 Å². The summed E-state index contributed by atoms with van der Waals surface area (Å²) in [4.78, 5) is 36.7. The third-order valence-electron chi connectivity index (χ3n) is 2.58. The van der Waals surface area contributed by atoms with Crippen molar-refractivity contribution in [2.45, 2.75) is 6.54 Å². The molecule has 1 saturated heterocycles. The molecule has 4 amide bonds. The van der Waals surface area contributed by atoms with Gasteiger partial charge in [0.25, 0.3) is 5.91 Å². The van der Waals surface area contributed by atoms with Crippen LogP contribution in [-0.2, 0) is 16.1 Å². The molecule has 0 aromatic carbocycles. The smallest absolute Gasteiger partial charge is 0.327 e. The van der Waals surface area contributed by atoms with Crippen LogP contribution < -0.4 is 5.32 Å². The van der Waals surface area contributed by atoms with Crippen LogP contribution in [0.1, 0.15) is 5.56 Å². The number of rotatable bonds is 4. The molecule has 2 rings (SSSR count). The molecule has 8 heteroatoms. The third kappa shape index (κ3) is 2.47. The summed E-state index contributed by atoms with van der Waals surface area (Å²) in [5, 5.41) is 8.96. The molecule has 0 aliphatic carbocycles. The average Bonchev–Trinajstić information content (AvgIpc) is 2.92. The quantitative estimate of drug-likeness (QED) is 0.665. The first-order chi connectivity index (χ1) is 8.58. The number of hydrogen-bond acceptors (Lipinski definition) is 4. The van der Waals surface area contributed by atoms with Crippen LogP contribution in [-0.4, -0.2) is 58.0 Å². The van der Waals surface area contributed by atoms with E-state index in [0.717, 1.165) is 10.5 Å². The topological polar surface area (TPSA) is 98.4 Å². The van der Waals surface area contributed by atoms with Gasteiger partial charge >= 0.3 is 6.03 Å². The van der Waals surface area contributed by atoms with Crippen molar-refractivity contribution in [3.8, 4) is 0 Å². The number of aromatic amines is 1. The molecule has 8 nitrogen and oxygen atoms in total. The number of urea groups is 1. The first kappa shape index (κ1) is 12.1. The summed E-state index contributed by atoms with van der Waals surface area (Å²) >= 11 is 0. The minimum atomic E-state index is -0.446. The molecule has 96 valence electrons. The van der Waals surface area contributed by atoms with Crippen LogP contribution in [0.15, 0.2) is 12.4 Å². The molecule has 0 atom stereocenters. The molecule has 0 radical (unpaired) electrons. The van der Waals surface area contributed by atoms with Crippen molar-refractivity contribution in [2.24, 2.45) is 0 Å². The fourth-order valence-electron chi connectivity index (χ4n) is 1.60. The molecule has 0 unspecified atom stereocenters. The zero-order chi connectivity index (χ0) is 13.1. The predicted molar refractivity (Wildman–Crippen MR) is 60.2 cm³/mol. The Morgan fingerprint density at radius 2 is 2.33 bits per heavy atom. The highest BCUT2D eigenvalue weighted by Crippen LogP contribution is 2.06. The van der Waals surface area contributed by atoms with Gasteiger partial charge in [0.15, 0.2) is 0 Å². The van der Waals surface area contributed by atoms with Crippen LogP contribution in [0.5, 0.6) is 0 Å². The van der Waals surface area contributed by atoms with Crippen molar-refractivity contribution in [2.75, 3.05) is 20.1 Å². The van der Waals surface area contributed by atoms with E-state index in [9.17, 15) is 14.4 Å². The first-order valence-electron chi connectivity index (χ1n) is 5.37. The Hall–Kier alpha value is -2.38. The van der Waals surface area contributed by atoms with Gasteiger partial charge in [-0.25, -0.2) is 4.79 Å². The Balaban J connectivity index is 1.84. The van der Waals surface area contributed by atoms with E-state index in [0.29, 0.717) is 6.54 Å². The fourth-order valence-corrected chi connectivity index (χ4v) is 1.60. The van der Waals surface area contributed by atoms with Gasteiger partial charge in [-0.3, -0.25) is 19.6 Å². The highest BCUT2D eigenvalue weighted by atomic mass is 16.2. The molecule has 1 aliphatic rings. The van der Waals surface area contributed by atoms with Gasteiger partial charge in [0, 0.05) is 25.4 Å². The highest BCUT2D eigenvalue weighted by molar-refractivity contribution is 6.04. The van der Waals surface area contributed by atoms with Crippen LogP contribution in [0.3, 0.4) is 0 Å². The fraction of sp³-hybridized carbons (Fsp3) is 0.400. The monoisotopic (exact) mass is 251 g/mol. The second kappa shape index (κ2) is 4.86. The molecule has 18 heavy (non-hydrogen) atoms. The predicted octanol–water partition coefficient (Wildman–Crippen LogP) is -1.08. The maximum atomic E-state index is 11.6. The lowest BCUT2D eigenvalue weighted by Gasteiger charge is -2.13. The Morgan fingerprint density at radius 3 is 2.89 bits per heavy atom. The van der Waals surface area contributed by atoms with Gasteiger partial charge in [-0.1, -0.05) is 0 Å². The Morgan fingerprint density at radius 1 is 1.56 bits per heavy atom. The van der Waals surface area contributed by atoms with Gasteiger partial charge in [0.1, 0.15) is 13.1 Å². The molecule has 1 aliphatic heterocycles. The molecule has 0 spiro atoms. The Labute approximate surface area is 103 Å². The van der Waals surface area contributed by atoms with E-state index in [2.05, 4.69) is 15.5 Å². The van der Waals surface area contributed by atoms with E-state index in [4.69, 9.17) is 0 Å². The van der Waals surface area contributed by atoms with Crippen molar-refractivity contribution in [1.29, 1.82) is 0 Å². The molecule has 2 N–H and O–H groups in total. The van der Waals surface area contributed by atoms with Gasteiger partial charge in [-0.2, -0.15) is 5.10 Å². The van der Waals surface area contributed by atoms with E-state index in [-0.39, 0.29) is 24.9 Å². The second-order valence-electron chi connectivity index (χ2n) is 4.00. The van der Waals surface area contributed by atoms with Crippen LogP contribution >= 0.6 is 0 Å². The lowest BCUT2D eigenvalue weighted by molar-refractivity contribution is -0.130. The lowest BCUT2D eigenvalue weighted by atomic mass is 10.3. The van der Waals surface area contributed by atoms with Crippen molar-refractivity contribution in [3.63, 3.8) is 0 Å². The maximum Gasteiger partial charge on any atom is 0.327 e. The minimum absolute atomic E-state index is 0.0217. The number of likely N-dealkylation sites (N-methyl/N-ethyl adjacent to an activating group) is 1. The van der Waals surface area contributed by atoms with Gasteiger partial charge in [-0.15, -0.1) is 0 Å². The largest absolute Gasteiger partial charge is 0.350 e. The molecule has 1 fully saturated rings. The summed E-state index contributed by atoms with van der Waals surface area (Å²) in [5.74, 6) is -0.742. The number of hydrogen-bond donors (Lipinski definition) is 2. The third-order valence-corrected chi connectivity index (χ3v) is 2.58. The molecule has 2 heterocycles. The molecule has 0 saturated carbocycles. The standard InChI is InChI=1S/C10H13N5O3/c1-14-6-9(17)15(10(14)18)5-8(16)11-2-7-3-12-13-4-7/h3-4H,2,5-6H2,1H3,(H,11,16)(H,12,13). The van der Waals surface area contributed by atoms with E-state index in [1.165, 1.54) is 11.9 Å². The van der Waals surface area contributed by atoms with E-state index in [1.807, 2.05) is 0 Å². The molecular weight excluding hydrogens is 238 g/mol. The Kier molecular flexibility index (Phi) is 3.26. The highest BCUT2D eigenvalue weighted by Gasteiger charge is 2.34. The average molecular weight is 251 g/mol. The van der Waals surface area contributed by atoms with Gasteiger partial charge in [-0.05, 0) is 0 Å². The summed E-state index contributed by atoms with van der Waals surface area (Å²) in [7, 11) is 1.52. The van der Waals surface area contributed by atoms with Crippen LogP contribution in [0.25, 0.3) is 0 Å². The van der Waals surface area contributed by atoms with Gasteiger partial charge in [0.2, 0.25) is 5.91 Å². The summed E-state index contributed by atoms with van der Waals surface area (Å²) in [6, 6.07) is -0.446. The molecule has 1 aromatic rings. The van der Waals surface area contributed by atoms with Crippen molar-refractivity contribution >= 4 is 17.8 Å². The number of H-pyrrole nitrogens is 1. The summed E-state index contributed by atoms with van der Waals surface area (Å²) in [6.07, 6.45) is 3.24. The molecule has 0 bridgehead atoms. The van der Waals surface area contributed by atoms with E-state index in [1.54, 1.807) is 12.4 Å². The molecule has 1 aromatic heterocycles. The molecular formula is C10H13N5O3. The number of amides is 4. The number of aromatic nitrogens is 2. The summed E-state index contributed by atoms with van der Waals surface area (Å²) in [5.41, 5.74) is 0.819. The normalized spacial score (nSPS) is 15.4. The van der Waals surface area contributed by atoms with E-state index < -0.39 is 6.03 Å². The maximum absolute atomic E-state index is 11.6. The number of carbonyl (C=O) groups excluding carboxylic acids is 3. The van der Waals surface area contributed by atoms with Crippen molar-refractivity contribution in [3.05, 3.63) is 18.0 Å². The first-order valence-corrected chi connectivity index (χ1v) is 5.37. The zero-order valence-corrected chi connectivity index (χ0v) is 9.84. The number of carbonyl (C=O) groups is 3. The summed E-state index contributed by atoms with van der Waals surface area (Å²) in [6.45, 7) is 0.0785. The zero-order valence-electron chi connectivity index (χ0n) is 9.84. The number of imide groups is 1. The van der Waals surface area contributed by atoms with Crippen molar-refractivity contribution in [1.82, 2.24) is 25.3 Å². The number of nitrogens with zero attached hydrogens (tertiary/aromatic N) is 3. The van der Waals surface area contributed by atoms with Crippen molar-refractivity contribution < 1.29 is 14.4 Å².